The molecule has 0 aromatic rings. The van der Waals surface area contributed by atoms with Gasteiger partial charge in [-0.2, -0.15) is 17.0 Å². The van der Waals surface area contributed by atoms with Crippen LogP contribution in [0, 0.1) is 5.92 Å². The third-order valence-corrected chi connectivity index (χ3v) is 4.71. The highest BCUT2D eigenvalue weighted by Gasteiger charge is 2.46. The molecule has 0 N–H and O–H groups in total. The van der Waals surface area contributed by atoms with E-state index in [1.54, 1.807) is 11.4 Å². The fourth-order valence-corrected chi connectivity index (χ4v) is 3.82. The minimum absolute atomic E-state index is 0.245. The molecule has 0 radical (unpaired) electrons. The van der Waals surface area contributed by atoms with Gasteiger partial charge in [0.05, 0.1) is 0 Å². The number of likely N-dealkylation sites (N-methyl/N-ethyl adjacent to an activating group) is 1. The Bertz CT molecular complexity index is 288. The first-order valence-corrected chi connectivity index (χ1v) is 5.64. The van der Waals surface area contributed by atoms with Gasteiger partial charge in [0, 0.05) is 26.2 Å². The monoisotopic (exact) mass is 190 g/mol. The quantitative estimate of drug-likeness (QED) is 0.534. The molecule has 0 spiro atoms. The molecular weight excluding hydrogens is 176 g/mol. The Morgan fingerprint density at radius 1 is 1.33 bits per heavy atom. The lowest BCUT2D eigenvalue weighted by Crippen LogP contribution is -2.31. The molecule has 70 valence electrons. The van der Waals surface area contributed by atoms with E-state index >= 15 is 0 Å². The maximum Gasteiger partial charge on any atom is 0.282 e. The van der Waals surface area contributed by atoms with E-state index in [0.717, 1.165) is 6.42 Å². The lowest BCUT2D eigenvalue weighted by atomic mass is 10.1. The van der Waals surface area contributed by atoms with Gasteiger partial charge in [0.1, 0.15) is 0 Å². The van der Waals surface area contributed by atoms with Gasteiger partial charge in [-0.25, -0.2) is 0 Å². The van der Waals surface area contributed by atoms with Crippen LogP contribution >= 0.6 is 0 Å². The summed E-state index contributed by atoms with van der Waals surface area (Å²) in [6.07, 6.45) is 1.02. The maximum absolute atomic E-state index is 11.6. The Morgan fingerprint density at radius 2 is 2.00 bits per heavy atom. The van der Waals surface area contributed by atoms with Crippen LogP contribution in [0.1, 0.15) is 13.3 Å². The van der Waals surface area contributed by atoms with Crippen molar-refractivity contribution in [2.24, 2.45) is 5.92 Å². The number of hydrogen-bond donors (Lipinski definition) is 0. The SMILES string of the molecule is C[C@@H]1CC2CN(C)S(=O)(=O)N2C1. The van der Waals surface area contributed by atoms with Crippen molar-refractivity contribution in [1.29, 1.82) is 0 Å². The van der Waals surface area contributed by atoms with Gasteiger partial charge in [-0.3, -0.25) is 0 Å². The van der Waals surface area contributed by atoms with Gasteiger partial charge < -0.3 is 0 Å². The molecule has 0 bridgehead atoms. The minimum Gasteiger partial charge on any atom is -0.195 e. The van der Waals surface area contributed by atoms with Crippen molar-refractivity contribution < 1.29 is 8.42 Å². The van der Waals surface area contributed by atoms with Gasteiger partial charge in [0.15, 0.2) is 0 Å². The second-order valence-electron chi connectivity index (χ2n) is 3.85. The molecule has 0 amide bonds. The van der Waals surface area contributed by atoms with Crippen LogP contribution in [0.4, 0.5) is 0 Å². The van der Waals surface area contributed by atoms with Crippen molar-refractivity contribution in [3.05, 3.63) is 0 Å². The molecule has 0 saturated carbocycles. The summed E-state index contributed by atoms with van der Waals surface area (Å²) in [5.41, 5.74) is 0. The molecule has 2 aliphatic heterocycles. The Balaban J connectivity index is 2.30. The van der Waals surface area contributed by atoms with Crippen LogP contribution in [-0.4, -0.2) is 43.2 Å². The van der Waals surface area contributed by atoms with Crippen LogP contribution in [-0.2, 0) is 10.2 Å². The summed E-state index contributed by atoms with van der Waals surface area (Å²) in [5, 5.41) is 0. The lowest BCUT2D eigenvalue weighted by Gasteiger charge is -2.13. The largest absolute Gasteiger partial charge is 0.282 e. The number of nitrogens with zero attached hydrogens (tertiary/aromatic N) is 2. The first-order valence-electron chi connectivity index (χ1n) is 4.25. The normalized spacial score (nSPS) is 41.8. The minimum atomic E-state index is -3.07. The van der Waals surface area contributed by atoms with E-state index in [-0.39, 0.29) is 6.04 Å². The number of rotatable bonds is 0. The summed E-state index contributed by atoms with van der Waals surface area (Å²) in [6, 6.07) is 0.245. The molecule has 2 fully saturated rings. The lowest BCUT2D eigenvalue weighted by molar-refractivity contribution is 0.425. The standard InChI is InChI=1S/C7H14N2O2S/c1-6-3-7-5-8(2)12(10,11)9(7)4-6/h6-7H,3-5H2,1-2H3/t6-,7?/m1/s1. The van der Waals surface area contributed by atoms with Gasteiger partial charge >= 0.3 is 0 Å². The Morgan fingerprint density at radius 3 is 2.58 bits per heavy atom. The zero-order valence-corrected chi connectivity index (χ0v) is 8.21. The topological polar surface area (TPSA) is 40.6 Å². The van der Waals surface area contributed by atoms with E-state index in [9.17, 15) is 8.42 Å². The molecule has 4 nitrogen and oxygen atoms in total. The molecule has 2 aliphatic rings. The van der Waals surface area contributed by atoms with Crippen LogP contribution in [0.15, 0.2) is 0 Å². The summed E-state index contributed by atoms with van der Waals surface area (Å²) in [7, 11) is -1.42. The van der Waals surface area contributed by atoms with Crippen molar-refractivity contribution >= 4 is 10.2 Å². The van der Waals surface area contributed by atoms with Crippen LogP contribution < -0.4 is 0 Å². The molecule has 0 aromatic heterocycles. The molecule has 0 aliphatic carbocycles. The van der Waals surface area contributed by atoms with Crippen molar-refractivity contribution in [3.8, 4) is 0 Å². The van der Waals surface area contributed by atoms with Crippen molar-refractivity contribution in [2.45, 2.75) is 19.4 Å². The number of fused-ring (bicyclic) bond motifs is 1. The van der Waals surface area contributed by atoms with Crippen molar-refractivity contribution in [3.63, 3.8) is 0 Å². The highest BCUT2D eigenvalue weighted by atomic mass is 32.2. The molecule has 2 heterocycles. The smallest absolute Gasteiger partial charge is 0.195 e. The summed E-state index contributed by atoms with van der Waals surface area (Å²) in [4.78, 5) is 0. The van der Waals surface area contributed by atoms with Crippen LogP contribution in [0.25, 0.3) is 0 Å². The highest BCUT2D eigenvalue weighted by Crippen LogP contribution is 2.32. The first-order chi connectivity index (χ1) is 5.51. The Kier molecular flexibility index (Phi) is 1.72. The molecule has 1 unspecified atom stereocenters. The molecule has 0 aromatic carbocycles. The molecule has 2 atom stereocenters. The second kappa shape index (κ2) is 2.43. The van der Waals surface area contributed by atoms with Crippen LogP contribution in [0.3, 0.4) is 0 Å². The Labute approximate surface area is 73.3 Å². The average molecular weight is 190 g/mol. The molecule has 5 heteroatoms. The number of hydrogen-bond acceptors (Lipinski definition) is 2. The average Bonchev–Trinajstić information content (AvgIpc) is 2.38. The molecule has 2 saturated heterocycles. The first kappa shape index (κ1) is 8.47. The third-order valence-electron chi connectivity index (χ3n) is 2.73. The second-order valence-corrected chi connectivity index (χ2v) is 5.84. The maximum atomic E-state index is 11.6. The van der Waals surface area contributed by atoms with E-state index in [1.807, 2.05) is 0 Å². The van der Waals surface area contributed by atoms with E-state index in [1.165, 1.54) is 4.31 Å². The van der Waals surface area contributed by atoms with Gasteiger partial charge in [-0.05, 0) is 12.3 Å². The van der Waals surface area contributed by atoms with Crippen molar-refractivity contribution in [1.82, 2.24) is 8.61 Å². The van der Waals surface area contributed by atoms with Gasteiger partial charge in [-0.15, -0.1) is 0 Å². The van der Waals surface area contributed by atoms with E-state index in [2.05, 4.69) is 6.92 Å². The van der Waals surface area contributed by atoms with E-state index in [4.69, 9.17) is 0 Å². The van der Waals surface area contributed by atoms with Crippen LogP contribution in [0.5, 0.6) is 0 Å². The van der Waals surface area contributed by atoms with E-state index < -0.39 is 10.2 Å². The fraction of sp³-hybridized carbons (Fsp3) is 1.00. The highest BCUT2D eigenvalue weighted by molar-refractivity contribution is 7.87. The summed E-state index contributed by atoms with van der Waals surface area (Å²) < 4.78 is 26.2. The van der Waals surface area contributed by atoms with Gasteiger partial charge in [-0.1, -0.05) is 6.92 Å². The Hall–Kier alpha value is -0.130. The third kappa shape index (κ3) is 1.000. The summed E-state index contributed by atoms with van der Waals surface area (Å²) in [5.74, 6) is 0.526. The summed E-state index contributed by atoms with van der Waals surface area (Å²) in [6.45, 7) is 3.48. The zero-order valence-electron chi connectivity index (χ0n) is 7.40. The predicted molar refractivity (Wildman–Crippen MR) is 45.8 cm³/mol. The summed E-state index contributed by atoms with van der Waals surface area (Å²) >= 11 is 0. The van der Waals surface area contributed by atoms with Crippen molar-refractivity contribution in [2.75, 3.05) is 20.1 Å². The predicted octanol–water partition coefficient (Wildman–Crippen LogP) is -0.113. The zero-order chi connectivity index (χ0) is 8.93. The van der Waals surface area contributed by atoms with Gasteiger partial charge in [0.2, 0.25) is 0 Å². The molecule has 12 heavy (non-hydrogen) atoms. The van der Waals surface area contributed by atoms with E-state index in [0.29, 0.717) is 19.0 Å². The molecular formula is C7H14N2O2S. The van der Waals surface area contributed by atoms with Crippen LogP contribution in [0.2, 0.25) is 0 Å². The fourth-order valence-electron chi connectivity index (χ4n) is 2.13. The molecule has 2 rings (SSSR count). The van der Waals surface area contributed by atoms with Gasteiger partial charge in [0.25, 0.3) is 10.2 Å².